The molecule has 8 heteroatoms. The van der Waals surface area contributed by atoms with Crippen LogP contribution in [0.5, 0.6) is 0 Å². The first-order valence-corrected chi connectivity index (χ1v) is 9.22. The highest BCUT2D eigenvalue weighted by Gasteiger charge is 2.32. The van der Waals surface area contributed by atoms with Crippen LogP contribution in [-0.2, 0) is 0 Å². The highest BCUT2D eigenvalue weighted by molar-refractivity contribution is 6.30. The Hall–Kier alpha value is -2.80. The van der Waals surface area contributed by atoms with Gasteiger partial charge < -0.3 is 16.0 Å². The van der Waals surface area contributed by atoms with Gasteiger partial charge in [0.15, 0.2) is 0 Å². The average molecular weight is 387 g/mol. The van der Waals surface area contributed by atoms with E-state index < -0.39 is 6.29 Å². The summed E-state index contributed by atoms with van der Waals surface area (Å²) in [5.74, 6) is 0.550. The average Bonchev–Trinajstić information content (AvgIpc) is 3.18. The molecular weight excluding hydrogens is 367 g/mol. The molecule has 0 saturated carbocycles. The normalized spacial score (nSPS) is 19.7. The Balaban J connectivity index is 1.72. The van der Waals surface area contributed by atoms with Gasteiger partial charge >= 0.3 is 0 Å². The van der Waals surface area contributed by atoms with Gasteiger partial charge in [0, 0.05) is 23.8 Å². The lowest BCUT2D eigenvalue weighted by molar-refractivity contribution is 0.497. The summed E-state index contributed by atoms with van der Waals surface area (Å²) in [6, 6.07) is 13.7. The molecule has 2 aromatic rings. The lowest BCUT2D eigenvalue weighted by atomic mass is 10.2. The molecule has 1 fully saturated rings. The first kappa shape index (κ1) is 17.6. The number of aliphatic imine (C=N–C) groups is 2. The van der Waals surface area contributed by atoms with E-state index in [1.54, 1.807) is 18.2 Å². The van der Waals surface area contributed by atoms with Gasteiger partial charge in [0.25, 0.3) is 0 Å². The number of guanidine groups is 2. The van der Waals surface area contributed by atoms with Gasteiger partial charge in [-0.3, -0.25) is 4.90 Å². The van der Waals surface area contributed by atoms with Crippen LogP contribution in [0.4, 0.5) is 15.8 Å². The lowest BCUT2D eigenvalue weighted by Crippen LogP contribution is -2.54. The largest absolute Gasteiger partial charge is 0.368 e. The number of rotatable bonds is 3. The Labute approximate surface area is 162 Å². The zero-order valence-corrected chi connectivity index (χ0v) is 15.4. The molecule has 0 amide bonds. The van der Waals surface area contributed by atoms with Crippen LogP contribution in [0.2, 0.25) is 5.02 Å². The second kappa shape index (κ2) is 7.44. The quantitative estimate of drug-likeness (QED) is 0.847. The van der Waals surface area contributed by atoms with Crippen LogP contribution in [0.15, 0.2) is 58.5 Å². The summed E-state index contributed by atoms with van der Waals surface area (Å²) in [7, 11) is 0. The zero-order valence-electron chi connectivity index (χ0n) is 14.6. The van der Waals surface area contributed by atoms with E-state index in [1.807, 2.05) is 23.1 Å². The van der Waals surface area contributed by atoms with Gasteiger partial charge in [-0.1, -0.05) is 17.7 Å². The Morgan fingerprint density at radius 2 is 1.85 bits per heavy atom. The molecule has 27 heavy (non-hydrogen) atoms. The molecule has 0 aliphatic carbocycles. The second-order valence-corrected chi connectivity index (χ2v) is 6.90. The maximum atomic E-state index is 13.9. The molecule has 2 aliphatic heterocycles. The molecule has 140 valence electrons. The molecule has 0 spiro atoms. The Kier molecular flexibility index (Phi) is 4.85. The van der Waals surface area contributed by atoms with E-state index in [0.29, 0.717) is 16.7 Å². The first-order chi connectivity index (χ1) is 13.1. The predicted molar refractivity (Wildman–Crippen MR) is 108 cm³/mol. The minimum absolute atomic E-state index is 0.191. The molecule has 2 aromatic carbocycles. The van der Waals surface area contributed by atoms with Crippen molar-refractivity contribution >= 4 is 34.9 Å². The third kappa shape index (κ3) is 3.83. The standard InChI is InChI=1S/C19H20ClFN6/c20-13-6-8-15(9-7-13)23-18-24-17(22)25-19(26-10-1-2-11-26)27(18)16-5-3-4-14(21)12-16/h3-9,12,18,23H,1-2,10-11H2,(H2,22,24). The third-order valence-electron chi connectivity index (χ3n) is 4.54. The predicted octanol–water partition coefficient (Wildman–Crippen LogP) is 3.46. The molecule has 0 radical (unpaired) electrons. The third-order valence-corrected chi connectivity index (χ3v) is 4.80. The molecule has 3 N–H and O–H groups in total. The van der Waals surface area contributed by atoms with Gasteiger partial charge in [0.1, 0.15) is 5.82 Å². The van der Waals surface area contributed by atoms with Crippen molar-refractivity contribution in [2.75, 3.05) is 23.3 Å². The maximum absolute atomic E-state index is 13.9. The van der Waals surface area contributed by atoms with Crippen molar-refractivity contribution in [3.63, 3.8) is 0 Å². The van der Waals surface area contributed by atoms with Crippen LogP contribution in [-0.4, -0.2) is 36.2 Å². The van der Waals surface area contributed by atoms with Crippen LogP contribution in [0, 0.1) is 5.82 Å². The van der Waals surface area contributed by atoms with Crippen molar-refractivity contribution < 1.29 is 4.39 Å². The Bertz CT molecular complexity index is 876. The number of likely N-dealkylation sites (tertiary alicyclic amines) is 1. The number of nitrogens with one attached hydrogen (secondary N) is 1. The van der Waals surface area contributed by atoms with E-state index in [1.165, 1.54) is 12.1 Å². The van der Waals surface area contributed by atoms with Crippen LogP contribution >= 0.6 is 11.6 Å². The summed E-state index contributed by atoms with van der Waals surface area (Å²) >= 11 is 5.98. The maximum Gasteiger partial charge on any atom is 0.222 e. The smallest absolute Gasteiger partial charge is 0.222 e. The Morgan fingerprint density at radius 1 is 1.11 bits per heavy atom. The fraction of sp³-hybridized carbons (Fsp3) is 0.263. The van der Waals surface area contributed by atoms with Gasteiger partial charge in [-0.25, -0.2) is 9.38 Å². The van der Waals surface area contributed by atoms with E-state index in [0.717, 1.165) is 31.6 Å². The molecule has 2 heterocycles. The summed E-state index contributed by atoms with van der Waals surface area (Å²) in [6.45, 7) is 1.76. The fourth-order valence-electron chi connectivity index (χ4n) is 3.29. The first-order valence-electron chi connectivity index (χ1n) is 8.84. The van der Waals surface area contributed by atoms with Crippen molar-refractivity contribution in [2.45, 2.75) is 19.1 Å². The van der Waals surface area contributed by atoms with Gasteiger partial charge in [0.2, 0.25) is 18.2 Å². The number of benzene rings is 2. The summed E-state index contributed by atoms with van der Waals surface area (Å²) in [4.78, 5) is 12.9. The van der Waals surface area contributed by atoms with Crippen LogP contribution in [0.3, 0.4) is 0 Å². The molecule has 2 aliphatic rings. The van der Waals surface area contributed by atoms with Gasteiger partial charge in [-0.2, -0.15) is 4.99 Å². The summed E-state index contributed by atoms with van der Waals surface area (Å²) in [6.07, 6.45) is 1.62. The van der Waals surface area contributed by atoms with Gasteiger partial charge in [-0.05, 0) is 55.3 Å². The highest BCUT2D eigenvalue weighted by Crippen LogP contribution is 2.26. The van der Waals surface area contributed by atoms with E-state index >= 15 is 0 Å². The fourth-order valence-corrected chi connectivity index (χ4v) is 3.42. The number of hydrogen-bond acceptors (Lipinski definition) is 6. The van der Waals surface area contributed by atoms with Crippen molar-refractivity contribution in [1.82, 2.24) is 4.90 Å². The molecular formula is C19H20ClFN6. The van der Waals surface area contributed by atoms with Crippen molar-refractivity contribution in [3.8, 4) is 0 Å². The molecule has 1 atom stereocenters. The minimum atomic E-state index is -0.555. The van der Waals surface area contributed by atoms with Gasteiger partial charge in [0.05, 0.1) is 5.69 Å². The van der Waals surface area contributed by atoms with Crippen LogP contribution < -0.4 is 16.0 Å². The molecule has 0 aromatic heterocycles. The second-order valence-electron chi connectivity index (χ2n) is 6.47. The number of nitrogens with zero attached hydrogens (tertiary/aromatic N) is 4. The van der Waals surface area contributed by atoms with Crippen LogP contribution in [0.1, 0.15) is 12.8 Å². The summed E-state index contributed by atoms with van der Waals surface area (Å²) in [5, 5.41) is 3.98. The highest BCUT2D eigenvalue weighted by atomic mass is 35.5. The van der Waals surface area contributed by atoms with Crippen molar-refractivity contribution in [3.05, 3.63) is 59.4 Å². The van der Waals surface area contributed by atoms with E-state index in [4.69, 9.17) is 17.3 Å². The molecule has 1 unspecified atom stereocenters. The minimum Gasteiger partial charge on any atom is -0.368 e. The zero-order chi connectivity index (χ0) is 18.8. The Morgan fingerprint density at radius 3 is 2.56 bits per heavy atom. The topological polar surface area (TPSA) is 69.2 Å². The number of nitrogens with two attached hydrogens (primary N) is 1. The van der Waals surface area contributed by atoms with Crippen LogP contribution in [0.25, 0.3) is 0 Å². The SMILES string of the molecule is NC1=NC(Nc2ccc(Cl)cc2)N(c2cccc(F)c2)C(N2CCCC2)=N1. The van der Waals surface area contributed by atoms with E-state index in [-0.39, 0.29) is 11.8 Å². The molecule has 4 rings (SSSR count). The van der Waals surface area contributed by atoms with Crippen molar-refractivity contribution in [1.29, 1.82) is 0 Å². The van der Waals surface area contributed by atoms with Gasteiger partial charge in [-0.15, -0.1) is 0 Å². The van der Waals surface area contributed by atoms with E-state index in [9.17, 15) is 4.39 Å². The summed E-state index contributed by atoms with van der Waals surface area (Å²) in [5.41, 5.74) is 7.49. The number of hydrogen-bond donors (Lipinski definition) is 2. The molecule has 1 saturated heterocycles. The number of anilines is 2. The monoisotopic (exact) mass is 386 g/mol. The molecule has 0 bridgehead atoms. The van der Waals surface area contributed by atoms with E-state index in [2.05, 4.69) is 20.2 Å². The lowest BCUT2D eigenvalue weighted by Gasteiger charge is -2.38. The molecule has 6 nitrogen and oxygen atoms in total. The van der Waals surface area contributed by atoms with Crippen molar-refractivity contribution in [2.24, 2.45) is 15.7 Å². The number of halogens is 2. The summed E-state index contributed by atoms with van der Waals surface area (Å²) < 4.78 is 13.9.